The molecular weight excluding hydrogens is 582 g/mol. The highest BCUT2D eigenvalue weighted by molar-refractivity contribution is 5.68. The summed E-state index contributed by atoms with van der Waals surface area (Å²) in [5.41, 5.74) is 19.2. The molecule has 0 radical (unpaired) electrons. The smallest absolute Gasteiger partial charge is 0.407 e. The van der Waals surface area contributed by atoms with Gasteiger partial charge in [-0.1, -0.05) is 40.6 Å². The first kappa shape index (κ1) is 33.9. The third kappa shape index (κ3) is 9.74. The minimum absolute atomic E-state index is 0.0610. The Morgan fingerprint density at radius 2 is 1.50 bits per heavy atom. The van der Waals surface area contributed by atoms with Gasteiger partial charge in [-0.15, -0.1) is 0 Å². The molecule has 1 amide bonds. The number of hydrogen-bond donors (Lipinski definition) is 1. The highest BCUT2D eigenvalue weighted by Crippen LogP contribution is 2.35. The Hall–Kier alpha value is -4.56. The van der Waals surface area contributed by atoms with E-state index in [0.29, 0.717) is 6.42 Å². The van der Waals surface area contributed by atoms with Crippen LogP contribution in [0.4, 0.5) is 4.79 Å². The molecule has 1 heterocycles. The van der Waals surface area contributed by atoms with Crippen molar-refractivity contribution in [1.29, 1.82) is 0 Å². The number of benzene rings is 1. The fraction of sp³-hybridized carbons (Fsp3) is 0.630. The van der Waals surface area contributed by atoms with E-state index in [1.54, 1.807) is 6.92 Å². The number of azide groups is 2. The number of carbonyl (C=O) groups is 4. The lowest BCUT2D eigenvalue weighted by molar-refractivity contribution is -0.287. The van der Waals surface area contributed by atoms with Gasteiger partial charge in [0.05, 0.1) is 24.2 Å². The largest absolute Gasteiger partial charge is 0.458 e. The molecule has 1 N–H and O–H groups in total. The normalized spacial score (nSPS) is 28.5. The molecule has 0 bridgehead atoms. The van der Waals surface area contributed by atoms with Crippen LogP contribution in [0.2, 0.25) is 0 Å². The van der Waals surface area contributed by atoms with Crippen LogP contribution in [0.25, 0.3) is 20.9 Å². The zero-order valence-electron chi connectivity index (χ0n) is 24.7. The lowest BCUT2D eigenvalue weighted by Gasteiger charge is -2.45. The summed E-state index contributed by atoms with van der Waals surface area (Å²) < 4.78 is 34.0. The quantitative estimate of drug-likeness (QED) is 0.124. The van der Waals surface area contributed by atoms with E-state index in [-0.39, 0.29) is 19.4 Å². The van der Waals surface area contributed by atoms with Crippen molar-refractivity contribution in [3.63, 3.8) is 0 Å². The van der Waals surface area contributed by atoms with E-state index < -0.39 is 78.9 Å². The van der Waals surface area contributed by atoms with Gasteiger partial charge in [0.2, 0.25) is 0 Å². The van der Waals surface area contributed by atoms with E-state index in [0.717, 1.165) is 19.4 Å². The Bertz CT molecular complexity index is 1270. The van der Waals surface area contributed by atoms with Gasteiger partial charge in [-0.25, -0.2) is 4.79 Å². The molecule has 0 aromatic heterocycles. The topological polar surface area (TPSA) is 233 Å². The molecular formula is C27H35N7O10. The SMILES string of the molecule is CC(=O)O[C@@H]1[C@@H](OC(C)=O)[C@H](N=[N+]=[N-])C[C@H](N=[N+]=[N-])[C@H]1O[C@H]1O[C@H]([C@@H](C)NC(=O)OCc2ccccc2)CC[C@H]1OC(C)=O. The van der Waals surface area contributed by atoms with Gasteiger partial charge in [0.25, 0.3) is 0 Å². The van der Waals surface area contributed by atoms with Gasteiger partial charge in [0.15, 0.2) is 18.5 Å². The van der Waals surface area contributed by atoms with Gasteiger partial charge < -0.3 is 33.7 Å². The zero-order chi connectivity index (χ0) is 32.2. The van der Waals surface area contributed by atoms with Crippen LogP contribution in [0.5, 0.6) is 0 Å². The van der Waals surface area contributed by atoms with E-state index in [9.17, 15) is 24.7 Å². The van der Waals surface area contributed by atoms with E-state index >= 15 is 0 Å². The standard InChI is InChI=1S/C27H35N7O10/c1-14(30-27(38)39-13-18-8-6-5-7-9-18)21-10-11-22(40-15(2)35)26(43-21)44-24-20(32-34-29)12-19(31-33-28)23(41-16(3)36)25(24)42-17(4)37/h5-9,14,19-26H,10-13H2,1-4H3,(H,30,38)/t14-,19-,20+,21+,22-,23+,24-,25-,26-/m1/s1. The molecule has 3 rings (SSSR count). The number of carbonyl (C=O) groups excluding carboxylic acids is 4. The van der Waals surface area contributed by atoms with E-state index in [4.69, 9.17) is 34.0 Å². The van der Waals surface area contributed by atoms with Crippen molar-refractivity contribution in [2.45, 2.75) is 108 Å². The fourth-order valence-electron chi connectivity index (χ4n) is 5.14. The first-order valence-corrected chi connectivity index (χ1v) is 13.9. The van der Waals surface area contributed by atoms with Crippen molar-refractivity contribution >= 4 is 24.0 Å². The summed E-state index contributed by atoms with van der Waals surface area (Å²) in [5, 5.41) is 10.1. The predicted octanol–water partition coefficient (Wildman–Crippen LogP) is 3.75. The summed E-state index contributed by atoms with van der Waals surface area (Å²) in [6.07, 6.45) is -7.07. The van der Waals surface area contributed by atoms with E-state index in [1.165, 1.54) is 6.92 Å². The molecule has 44 heavy (non-hydrogen) atoms. The first-order valence-electron chi connectivity index (χ1n) is 13.9. The van der Waals surface area contributed by atoms with Gasteiger partial charge in [-0.2, -0.15) is 0 Å². The number of amides is 1. The minimum Gasteiger partial charge on any atom is -0.458 e. The average molecular weight is 618 g/mol. The van der Waals surface area contributed by atoms with Crippen molar-refractivity contribution in [1.82, 2.24) is 5.32 Å². The average Bonchev–Trinajstić information content (AvgIpc) is 2.96. The van der Waals surface area contributed by atoms with Crippen LogP contribution < -0.4 is 5.32 Å². The zero-order valence-corrected chi connectivity index (χ0v) is 24.7. The highest BCUT2D eigenvalue weighted by Gasteiger charge is 2.51. The van der Waals surface area contributed by atoms with Crippen molar-refractivity contribution in [3.05, 3.63) is 56.8 Å². The molecule has 1 aliphatic carbocycles. The number of esters is 3. The number of rotatable bonds is 11. The van der Waals surface area contributed by atoms with Gasteiger partial charge in [-0.3, -0.25) is 14.4 Å². The first-order chi connectivity index (χ1) is 21.0. The molecule has 1 saturated heterocycles. The Morgan fingerprint density at radius 1 is 0.909 bits per heavy atom. The number of nitrogens with one attached hydrogen (secondary N) is 1. The molecule has 17 nitrogen and oxygen atoms in total. The summed E-state index contributed by atoms with van der Waals surface area (Å²) in [6.45, 7) is 5.21. The Labute approximate surface area is 252 Å². The van der Waals surface area contributed by atoms with Crippen LogP contribution in [0.15, 0.2) is 40.6 Å². The number of ether oxygens (including phenoxy) is 6. The Kier molecular flexibility index (Phi) is 12.6. The molecule has 238 valence electrons. The van der Waals surface area contributed by atoms with Crippen LogP contribution in [-0.2, 0) is 49.4 Å². The molecule has 2 aliphatic rings. The van der Waals surface area contributed by atoms with Gasteiger partial charge in [-0.05, 0) is 42.8 Å². The molecule has 1 aromatic rings. The van der Waals surface area contributed by atoms with Crippen molar-refractivity contribution in [2.24, 2.45) is 10.2 Å². The molecule has 17 heteroatoms. The molecule has 1 saturated carbocycles. The fourth-order valence-corrected chi connectivity index (χ4v) is 5.14. The van der Waals surface area contributed by atoms with Crippen molar-refractivity contribution in [3.8, 4) is 0 Å². The van der Waals surface area contributed by atoms with Crippen molar-refractivity contribution < 1.29 is 47.6 Å². The number of alkyl carbamates (subject to hydrolysis) is 1. The van der Waals surface area contributed by atoms with Crippen LogP contribution in [0.1, 0.15) is 52.5 Å². The monoisotopic (exact) mass is 617 g/mol. The number of nitrogens with zero attached hydrogens (tertiary/aromatic N) is 6. The summed E-state index contributed by atoms with van der Waals surface area (Å²) in [6, 6.07) is 6.38. The second kappa shape index (κ2) is 16.3. The maximum absolute atomic E-state index is 12.5. The second-order valence-corrected chi connectivity index (χ2v) is 10.3. The number of hydrogen-bond acceptors (Lipinski definition) is 12. The molecule has 0 spiro atoms. The maximum atomic E-state index is 12.5. The lowest BCUT2D eigenvalue weighted by atomic mass is 9.84. The summed E-state index contributed by atoms with van der Waals surface area (Å²) >= 11 is 0. The molecule has 9 atom stereocenters. The predicted molar refractivity (Wildman–Crippen MR) is 149 cm³/mol. The van der Waals surface area contributed by atoms with Crippen LogP contribution in [0.3, 0.4) is 0 Å². The highest BCUT2D eigenvalue weighted by atomic mass is 16.7. The summed E-state index contributed by atoms with van der Waals surface area (Å²) in [7, 11) is 0. The molecule has 2 fully saturated rings. The van der Waals surface area contributed by atoms with Crippen molar-refractivity contribution in [2.75, 3.05) is 0 Å². The molecule has 0 unspecified atom stereocenters. The van der Waals surface area contributed by atoms with Gasteiger partial charge in [0, 0.05) is 30.6 Å². The summed E-state index contributed by atoms with van der Waals surface area (Å²) in [4.78, 5) is 54.1. The van der Waals surface area contributed by atoms with Crippen LogP contribution in [-0.4, -0.2) is 78.9 Å². The lowest BCUT2D eigenvalue weighted by Crippen LogP contribution is -2.61. The Morgan fingerprint density at radius 3 is 2.09 bits per heavy atom. The molecule has 1 aliphatic heterocycles. The molecule has 1 aromatic carbocycles. The van der Waals surface area contributed by atoms with Gasteiger partial charge in [0.1, 0.15) is 18.8 Å². The van der Waals surface area contributed by atoms with Crippen LogP contribution in [0, 0.1) is 0 Å². The van der Waals surface area contributed by atoms with Crippen LogP contribution >= 0.6 is 0 Å². The second-order valence-electron chi connectivity index (χ2n) is 10.3. The summed E-state index contributed by atoms with van der Waals surface area (Å²) in [5.74, 6) is -2.15. The third-order valence-electron chi connectivity index (χ3n) is 6.97. The Balaban J connectivity index is 1.84. The van der Waals surface area contributed by atoms with E-state index in [1.807, 2.05) is 30.3 Å². The maximum Gasteiger partial charge on any atom is 0.407 e. The third-order valence-corrected chi connectivity index (χ3v) is 6.97. The van der Waals surface area contributed by atoms with E-state index in [2.05, 4.69) is 25.4 Å². The minimum atomic E-state index is -1.40. The van der Waals surface area contributed by atoms with Gasteiger partial charge >= 0.3 is 24.0 Å².